The van der Waals surface area contributed by atoms with Gasteiger partial charge in [0.1, 0.15) is 11.4 Å². The standard InChI is InChI=1S/C9H11N3O4/c1-16-8(13)6-3-2-5(12-7(6)10)4-11-9(14)15/h2-3,11H,4H2,1H3,(H2,10,12)(H,14,15). The molecule has 0 atom stereocenters. The van der Waals surface area contributed by atoms with Crippen molar-refractivity contribution in [3.8, 4) is 0 Å². The van der Waals surface area contributed by atoms with Crippen molar-refractivity contribution in [3.05, 3.63) is 23.4 Å². The molecule has 0 bridgehead atoms. The van der Waals surface area contributed by atoms with E-state index in [1.807, 2.05) is 0 Å². The number of hydrogen-bond acceptors (Lipinski definition) is 5. The number of nitrogen functional groups attached to an aromatic ring is 1. The number of pyridine rings is 1. The maximum atomic E-state index is 11.2. The molecule has 0 aliphatic heterocycles. The number of ether oxygens (including phenoxy) is 1. The minimum absolute atomic E-state index is 0.0107. The molecule has 1 aromatic heterocycles. The zero-order chi connectivity index (χ0) is 12.1. The largest absolute Gasteiger partial charge is 0.465 e. The SMILES string of the molecule is COC(=O)c1ccc(CNC(=O)O)nc1N. The van der Waals surface area contributed by atoms with Gasteiger partial charge >= 0.3 is 12.1 Å². The Bertz CT molecular complexity index is 419. The molecule has 1 aromatic rings. The van der Waals surface area contributed by atoms with Crippen LogP contribution in [0.5, 0.6) is 0 Å². The number of nitrogens with zero attached hydrogens (tertiary/aromatic N) is 1. The summed E-state index contributed by atoms with van der Waals surface area (Å²) in [5, 5.41) is 10.5. The van der Waals surface area contributed by atoms with E-state index in [2.05, 4.69) is 15.0 Å². The van der Waals surface area contributed by atoms with Crippen molar-refractivity contribution < 1.29 is 19.4 Å². The van der Waals surface area contributed by atoms with E-state index in [4.69, 9.17) is 10.8 Å². The first-order valence-corrected chi connectivity index (χ1v) is 4.35. The van der Waals surface area contributed by atoms with E-state index in [-0.39, 0.29) is 17.9 Å². The smallest absolute Gasteiger partial charge is 0.404 e. The van der Waals surface area contributed by atoms with Gasteiger partial charge in [0.25, 0.3) is 0 Å². The van der Waals surface area contributed by atoms with E-state index in [0.717, 1.165) is 0 Å². The number of anilines is 1. The van der Waals surface area contributed by atoms with Crippen molar-refractivity contribution in [2.45, 2.75) is 6.54 Å². The topological polar surface area (TPSA) is 115 Å². The molecule has 16 heavy (non-hydrogen) atoms. The Hall–Kier alpha value is -2.31. The number of esters is 1. The van der Waals surface area contributed by atoms with Crippen molar-refractivity contribution in [2.24, 2.45) is 0 Å². The highest BCUT2D eigenvalue weighted by atomic mass is 16.5. The van der Waals surface area contributed by atoms with Crippen molar-refractivity contribution in [1.29, 1.82) is 0 Å². The van der Waals surface area contributed by atoms with E-state index in [1.54, 1.807) is 0 Å². The molecule has 86 valence electrons. The van der Waals surface area contributed by atoms with Gasteiger partial charge in [0.2, 0.25) is 0 Å². The van der Waals surface area contributed by atoms with Gasteiger partial charge < -0.3 is 20.9 Å². The molecule has 7 nitrogen and oxygen atoms in total. The lowest BCUT2D eigenvalue weighted by atomic mass is 10.2. The van der Waals surface area contributed by atoms with Crippen LogP contribution < -0.4 is 11.1 Å². The quantitative estimate of drug-likeness (QED) is 0.634. The summed E-state index contributed by atoms with van der Waals surface area (Å²) in [7, 11) is 1.24. The average Bonchev–Trinajstić information content (AvgIpc) is 2.25. The summed E-state index contributed by atoms with van der Waals surface area (Å²) in [5.74, 6) is -0.570. The molecular weight excluding hydrogens is 214 g/mol. The van der Waals surface area contributed by atoms with Crippen LogP contribution in [0.25, 0.3) is 0 Å². The molecule has 0 radical (unpaired) electrons. The maximum Gasteiger partial charge on any atom is 0.404 e. The Kier molecular flexibility index (Phi) is 3.65. The van der Waals surface area contributed by atoms with Crippen LogP contribution >= 0.6 is 0 Å². The van der Waals surface area contributed by atoms with Gasteiger partial charge in [-0.25, -0.2) is 14.6 Å². The Balaban J connectivity index is 2.82. The molecule has 1 amide bonds. The lowest BCUT2D eigenvalue weighted by Crippen LogP contribution is -2.21. The summed E-state index contributed by atoms with van der Waals surface area (Å²) in [4.78, 5) is 25.3. The molecule has 1 heterocycles. The monoisotopic (exact) mass is 225 g/mol. The summed E-state index contributed by atoms with van der Waals surface area (Å²) in [6.07, 6.45) is -1.16. The first-order valence-electron chi connectivity index (χ1n) is 4.35. The maximum absolute atomic E-state index is 11.2. The zero-order valence-electron chi connectivity index (χ0n) is 8.56. The second kappa shape index (κ2) is 4.96. The van der Waals surface area contributed by atoms with Crippen LogP contribution in [0.15, 0.2) is 12.1 Å². The molecular formula is C9H11N3O4. The van der Waals surface area contributed by atoms with Crippen LogP contribution in [0.1, 0.15) is 16.1 Å². The number of carbonyl (C=O) groups is 2. The lowest BCUT2D eigenvalue weighted by Gasteiger charge is -2.05. The fourth-order valence-electron chi connectivity index (χ4n) is 1.06. The van der Waals surface area contributed by atoms with Crippen molar-refractivity contribution >= 4 is 17.9 Å². The number of carboxylic acid groups (broad SMARTS) is 1. The molecule has 0 aromatic carbocycles. The minimum Gasteiger partial charge on any atom is -0.465 e. The van der Waals surface area contributed by atoms with E-state index in [1.165, 1.54) is 19.2 Å². The number of amides is 1. The van der Waals surface area contributed by atoms with Gasteiger partial charge in [-0.1, -0.05) is 0 Å². The highest BCUT2D eigenvalue weighted by molar-refractivity contribution is 5.93. The first-order chi connectivity index (χ1) is 7.54. The number of hydrogen-bond donors (Lipinski definition) is 3. The average molecular weight is 225 g/mol. The summed E-state index contributed by atoms with van der Waals surface area (Å²) < 4.78 is 4.49. The van der Waals surface area contributed by atoms with Gasteiger partial charge in [-0.15, -0.1) is 0 Å². The van der Waals surface area contributed by atoms with Crippen LogP contribution in [-0.4, -0.2) is 29.3 Å². The Morgan fingerprint density at radius 2 is 2.25 bits per heavy atom. The summed E-state index contributed by atoms with van der Waals surface area (Å²) in [6, 6.07) is 2.94. The molecule has 4 N–H and O–H groups in total. The summed E-state index contributed by atoms with van der Waals surface area (Å²) >= 11 is 0. The van der Waals surface area contributed by atoms with Crippen LogP contribution in [0.3, 0.4) is 0 Å². The van der Waals surface area contributed by atoms with Crippen LogP contribution in [-0.2, 0) is 11.3 Å². The zero-order valence-corrected chi connectivity index (χ0v) is 8.56. The molecule has 1 rings (SSSR count). The van der Waals surface area contributed by atoms with Gasteiger partial charge in [0.05, 0.1) is 19.3 Å². The Morgan fingerprint density at radius 3 is 2.75 bits per heavy atom. The lowest BCUT2D eigenvalue weighted by molar-refractivity contribution is 0.0601. The third kappa shape index (κ3) is 2.84. The highest BCUT2D eigenvalue weighted by Crippen LogP contribution is 2.10. The molecule has 0 aliphatic rings. The molecule has 0 aliphatic carbocycles. The van der Waals surface area contributed by atoms with Crippen molar-refractivity contribution in [2.75, 3.05) is 12.8 Å². The first kappa shape index (κ1) is 11.8. The van der Waals surface area contributed by atoms with E-state index >= 15 is 0 Å². The van der Waals surface area contributed by atoms with Gasteiger partial charge in [0, 0.05) is 0 Å². The molecule has 0 unspecified atom stereocenters. The van der Waals surface area contributed by atoms with Gasteiger partial charge in [-0.2, -0.15) is 0 Å². The van der Waals surface area contributed by atoms with E-state index in [9.17, 15) is 9.59 Å². The molecule has 7 heteroatoms. The molecule has 0 saturated carbocycles. The van der Waals surface area contributed by atoms with E-state index < -0.39 is 12.1 Å². The van der Waals surface area contributed by atoms with Gasteiger partial charge in [-0.05, 0) is 12.1 Å². The fraction of sp³-hybridized carbons (Fsp3) is 0.222. The second-order valence-corrected chi connectivity index (χ2v) is 2.89. The third-order valence-corrected chi connectivity index (χ3v) is 1.81. The number of nitrogens with one attached hydrogen (secondary N) is 1. The predicted molar refractivity (Wildman–Crippen MR) is 54.9 cm³/mol. The van der Waals surface area contributed by atoms with Gasteiger partial charge in [-0.3, -0.25) is 0 Å². The predicted octanol–water partition coefficient (Wildman–Crippen LogP) is 0.218. The van der Waals surface area contributed by atoms with Crippen LogP contribution in [0.2, 0.25) is 0 Å². The number of aromatic nitrogens is 1. The highest BCUT2D eigenvalue weighted by Gasteiger charge is 2.11. The fourth-order valence-corrected chi connectivity index (χ4v) is 1.06. The third-order valence-electron chi connectivity index (χ3n) is 1.81. The number of rotatable bonds is 3. The Labute approximate surface area is 91.2 Å². The number of methoxy groups -OCH3 is 1. The van der Waals surface area contributed by atoms with Crippen LogP contribution in [0.4, 0.5) is 10.6 Å². The van der Waals surface area contributed by atoms with Crippen molar-refractivity contribution in [1.82, 2.24) is 10.3 Å². The minimum atomic E-state index is -1.16. The Morgan fingerprint density at radius 1 is 1.56 bits per heavy atom. The number of carbonyl (C=O) groups excluding carboxylic acids is 1. The van der Waals surface area contributed by atoms with Gasteiger partial charge in [0.15, 0.2) is 0 Å². The van der Waals surface area contributed by atoms with Crippen molar-refractivity contribution in [3.63, 3.8) is 0 Å². The van der Waals surface area contributed by atoms with Crippen LogP contribution in [0, 0.1) is 0 Å². The normalized spacial score (nSPS) is 9.56. The summed E-state index contributed by atoms with van der Waals surface area (Å²) in [5.41, 5.74) is 6.09. The molecule has 0 saturated heterocycles. The molecule has 0 fully saturated rings. The van der Waals surface area contributed by atoms with E-state index in [0.29, 0.717) is 5.69 Å². The second-order valence-electron chi connectivity index (χ2n) is 2.89. The molecule has 0 spiro atoms. The summed E-state index contributed by atoms with van der Waals surface area (Å²) in [6.45, 7) is 0.0288. The number of nitrogens with two attached hydrogens (primary N) is 1.